The Labute approximate surface area is 114 Å². The molecular weight excluding hydrogens is 224 g/mol. The third-order valence-electron chi connectivity index (χ3n) is 2.23. The van der Waals surface area contributed by atoms with Crippen molar-refractivity contribution in [1.82, 2.24) is 0 Å². The van der Waals surface area contributed by atoms with Crippen LogP contribution in [0.2, 0.25) is 0 Å². The molecular formula is C16H32O2. The van der Waals surface area contributed by atoms with Crippen molar-refractivity contribution < 1.29 is 9.84 Å². The highest BCUT2D eigenvalue weighted by molar-refractivity contribution is 5.01. The molecule has 0 bridgehead atoms. The molecule has 2 heteroatoms. The monoisotopic (exact) mass is 256 g/mol. The average molecular weight is 256 g/mol. The predicted octanol–water partition coefficient (Wildman–Crippen LogP) is 4.49. The lowest BCUT2D eigenvalue weighted by molar-refractivity contribution is 0.135. The lowest BCUT2D eigenvalue weighted by Gasteiger charge is -1.96. The third kappa shape index (κ3) is 20.8. The SMILES string of the molecule is CC(C)=CCC/C(C)=C/CO.CCCOCCC. The normalized spacial score (nSPS) is 10.7. The highest BCUT2D eigenvalue weighted by atomic mass is 16.5. The number of ether oxygens (including phenoxy) is 1. The molecule has 0 aromatic carbocycles. The Hall–Kier alpha value is -0.600. The Morgan fingerprint density at radius 3 is 1.94 bits per heavy atom. The molecule has 0 aliphatic heterocycles. The molecule has 0 spiro atoms. The van der Waals surface area contributed by atoms with Crippen LogP contribution < -0.4 is 0 Å². The minimum Gasteiger partial charge on any atom is -0.392 e. The molecule has 0 saturated carbocycles. The number of aliphatic hydroxyl groups excluding tert-OH is 1. The zero-order chi connectivity index (χ0) is 14.2. The molecule has 0 saturated heterocycles. The van der Waals surface area contributed by atoms with Crippen molar-refractivity contribution in [3.63, 3.8) is 0 Å². The largest absolute Gasteiger partial charge is 0.392 e. The zero-order valence-electron chi connectivity index (χ0n) is 13.0. The van der Waals surface area contributed by atoms with E-state index >= 15 is 0 Å². The molecule has 0 unspecified atom stereocenters. The lowest BCUT2D eigenvalue weighted by Crippen LogP contribution is -1.92. The van der Waals surface area contributed by atoms with E-state index in [1.165, 1.54) is 11.1 Å². The number of aliphatic hydroxyl groups is 1. The van der Waals surface area contributed by atoms with Gasteiger partial charge in [-0.15, -0.1) is 0 Å². The lowest BCUT2D eigenvalue weighted by atomic mass is 10.1. The summed E-state index contributed by atoms with van der Waals surface area (Å²) in [6, 6.07) is 0. The summed E-state index contributed by atoms with van der Waals surface area (Å²) in [6.07, 6.45) is 8.50. The second-order valence-electron chi connectivity index (χ2n) is 4.67. The van der Waals surface area contributed by atoms with Gasteiger partial charge < -0.3 is 9.84 Å². The first-order valence-corrected chi connectivity index (χ1v) is 7.06. The molecule has 0 rings (SSSR count). The smallest absolute Gasteiger partial charge is 0.0614 e. The summed E-state index contributed by atoms with van der Waals surface area (Å²) < 4.78 is 5.13. The second-order valence-corrected chi connectivity index (χ2v) is 4.67. The average Bonchev–Trinajstić information content (AvgIpc) is 2.30. The molecule has 1 N–H and O–H groups in total. The van der Waals surface area contributed by atoms with Crippen molar-refractivity contribution in [1.29, 1.82) is 0 Å². The molecule has 0 atom stereocenters. The first kappa shape index (κ1) is 19.7. The van der Waals surface area contributed by atoms with Crippen LogP contribution in [0.1, 0.15) is 60.3 Å². The van der Waals surface area contributed by atoms with Gasteiger partial charge in [0.1, 0.15) is 0 Å². The van der Waals surface area contributed by atoms with E-state index in [0.717, 1.165) is 38.9 Å². The van der Waals surface area contributed by atoms with Crippen LogP contribution in [0, 0.1) is 0 Å². The van der Waals surface area contributed by atoms with Gasteiger partial charge in [0, 0.05) is 13.2 Å². The Balaban J connectivity index is 0. The molecule has 18 heavy (non-hydrogen) atoms. The van der Waals surface area contributed by atoms with E-state index in [9.17, 15) is 0 Å². The van der Waals surface area contributed by atoms with Crippen LogP contribution in [0.5, 0.6) is 0 Å². The maximum atomic E-state index is 8.55. The fourth-order valence-corrected chi connectivity index (χ4v) is 1.24. The summed E-state index contributed by atoms with van der Waals surface area (Å²) in [7, 11) is 0. The van der Waals surface area contributed by atoms with E-state index in [0.29, 0.717) is 0 Å². The molecule has 0 fully saturated rings. The molecule has 0 heterocycles. The predicted molar refractivity (Wildman–Crippen MR) is 80.9 cm³/mol. The summed E-state index contributed by atoms with van der Waals surface area (Å²) in [4.78, 5) is 0. The van der Waals surface area contributed by atoms with E-state index in [1.807, 2.05) is 6.08 Å². The highest BCUT2D eigenvalue weighted by Crippen LogP contribution is 2.05. The minimum absolute atomic E-state index is 0.167. The third-order valence-corrected chi connectivity index (χ3v) is 2.23. The van der Waals surface area contributed by atoms with Crippen molar-refractivity contribution >= 4 is 0 Å². The molecule has 108 valence electrons. The van der Waals surface area contributed by atoms with E-state index in [-0.39, 0.29) is 6.61 Å². The number of hydrogen-bond donors (Lipinski definition) is 1. The van der Waals surface area contributed by atoms with Gasteiger partial charge in [0.25, 0.3) is 0 Å². The van der Waals surface area contributed by atoms with Gasteiger partial charge in [-0.05, 0) is 46.5 Å². The first-order chi connectivity index (χ1) is 8.58. The van der Waals surface area contributed by atoms with Crippen LogP contribution in [0.3, 0.4) is 0 Å². The Morgan fingerprint density at radius 2 is 1.56 bits per heavy atom. The Kier molecular flexibility index (Phi) is 18.0. The molecule has 0 radical (unpaired) electrons. The molecule has 0 aliphatic rings. The topological polar surface area (TPSA) is 29.5 Å². The molecule has 2 nitrogen and oxygen atoms in total. The summed E-state index contributed by atoms with van der Waals surface area (Å²) >= 11 is 0. The van der Waals surface area contributed by atoms with E-state index < -0.39 is 0 Å². The van der Waals surface area contributed by atoms with Gasteiger partial charge in [-0.1, -0.05) is 37.1 Å². The molecule has 0 aromatic rings. The molecule has 0 amide bonds. The van der Waals surface area contributed by atoms with Crippen molar-refractivity contribution in [2.45, 2.75) is 60.3 Å². The minimum atomic E-state index is 0.167. The summed E-state index contributed by atoms with van der Waals surface area (Å²) in [5.41, 5.74) is 2.63. The fraction of sp³-hybridized carbons (Fsp3) is 0.750. The van der Waals surface area contributed by atoms with E-state index in [2.05, 4.69) is 40.7 Å². The van der Waals surface area contributed by atoms with E-state index in [1.54, 1.807) is 0 Å². The summed E-state index contributed by atoms with van der Waals surface area (Å²) in [6.45, 7) is 12.5. The van der Waals surface area contributed by atoms with Crippen molar-refractivity contribution in [3.8, 4) is 0 Å². The van der Waals surface area contributed by atoms with E-state index in [4.69, 9.17) is 9.84 Å². The highest BCUT2D eigenvalue weighted by Gasteiger charge is 1.86. The zero-order valence-corrected chi connectivity index (χ0v) is 13.0. The maximum Gasteiger partial charge on any atom is 0.0614 e. The Bertz CT molecular complexity index is 209. The van der Waals surface area contributed by atoms with Crippen molar-refractivity contribution in [2.24, 2.45) is 0 Å². The van der Waals surface area contributed by atoms with Crippen molar-refractivity contribution in [2.75, 3.05) is 19.8 Å². The van der Waals surface area contributed by atoms with Gasteiger partial charge in [0.05, 0.1) is 6.61 Å². The van der Waals surface area contributed by atoms with Crippen LogP contribution >= 0.6 is 0 Å². The number of allylic oxidation sites excluding steroid dienone is 3. The van der Waals surface area contributed by atoms with Gasteiger partial charge in [0.2, 0.25) is 0 Å². The quantitative estimate of drug-likeness (QED) is 0.512. The molecule has 0 aromatic heterocycles. The fourth-order valence-electron chi connectivity index (χ4n) is 1.24. The van der Waals surface area contributed by atoms with Gasteiger partial charge in [-0.25, -0.2) is 0 Å². The van der Waals surface area contributed by atoms with Gasteiger partial charge in [0.15, 0.2) is 0 Å². The standard InChI is InChI=1S/C10H18O.C6H14O/c1-9(2)5-4-6-10(3)7-8-11;1-3-5-7-6-4-2/h5,7,11H,4,6,8H2,1-3H3;3-6H2,1-2H3/b10-7+;. The van der Waals surface area contributed by atoms with Gasteiger partial charge in [-0.3, -0.25) is 0 Å². The van der Waals surface area contributed by atoms with Gasteiger partial charge in [-0.2, -0.15) is 0 Å². The maximum absolute atomic E-state index is 8.55. The van der Waals surface area contributed by atoms with Gasteiger partial charge >= 0.3 is 0 Å². The van der Waals surface area contributed by atoms with Crippen molar-refractivity contribution in [3.05, 3.63) is 23.3 Å². The first-order valence-electron chi connectivity index (χ1n) is 7.06. The van der Waals surface area contributed by atoms with Crippen LogP contribution in [-0.4, -0.2) is 24.9 Å². The second kappa shape index (κ2) is 16.4. The Morgan fingerprint density at radius 1 is 1.00 bits per heavy atom. The summed E-state index contributed by atoms with van der Waals surface area (Å²) in [5, 5.41) is 8.55. The number of rotatable bonds is 8. The van der Waals surface area contributed by atoms with Crippen LogP contribution in [0.4, 0.5) is 0 Å². The van der Waals surface area contributed by atoms with Crippen LogP contribution in [0.25, 0.3) is 0 Å². The van der Waals surface area contributed by atoms with Crippen LogP contribution in [-0.2, 0) is 4.74 Å². The molecule has 0 aliphatic carbocycles. The van der Waals surface area contributed by atoms with Crippen LogP contribution in [0.15, 0.2) is 23.3 Å². The number of hydrogen-bond acceptors (Lipinski definition) is 2. The summed E-state index contributed by atoms with van der Waals surface area (Å²) in [5.74, 6) is 0.